The molecule has 8 nitrogen and oxygen atoms in total. The summed E-state index contributed by atoms with van der Waals surface area (Å²) >= 11 is -2.87. The van der Waals surface area contributed by atoms with Gasteiger partial charge < -0.3 is 19.1 Å². The molecule has 1 N–H and O–H groups in total. The molecule has 0 aromatic rings. The topological polar surface area (TPSA) is 130 Å². The average Bonchev–Trinajstić information content (AvgIpc) is 2.64. The molecule has 0 bridgehead atoms. The van der Waals surface area contributed by atoms with Crippen molar-refractivity contribution in [1.82, 2.24) is 0 Å². The second-order valence-electron chi connectivity index (χ2n) is 6.67. The van der Waals surface area contributed by atoms with Gasteiger partial charge in [-0.15, -0.1) is 0 Å². The third kappa shape index (κ3) is 15.6. The van der Waals surface area contributed by atoms with Gasteiger partial charge in [-0.3, -0.25) is 18.6 Å². The zero-order valence-corrected chi connectivity index (χ0v) is 17.5. The summed E-state index contributed by atoms with van der Waals surface area (Å²) in [6, 6.07) is 0. The normalized spacial score (nSPS) is 12.9. The van der Waals surface area contributed by atoms with E-state index in [1.54, 1.807) is 0 Å². The number of hydrogen-bond acceptors (Lipinski definition) is 7. The Labute approximate surface area is 169 Å². The van der Waals surface area contributed by atoms with Crippen molar-refractivity contribution in [2.75, 3.05) is 13.2 Å². The highest BCUT2D eigenvalue weighted by molar-refractivity contribution is 7.80. The highest BCUT2D eigenvalue weighted by Crippen LogP contribution is 2.11. The number of hydrogen-bond donors (Lipinski definition) is 1. The Bertz CT molecular complexity index is 481. The molecule has 0 aromatic carbocycles. The molecule has 164 valence electrons. The number of aliphatic carboxylic acids is 1. The first-order valence-electron chi connectivity index (χ1n) is 10.0. The highest BCUT2D eigenvalue weighted by atomic mass is 32.2. The van der Waals surface area contributed by atoms with Crippen LogP contribution in [0.3, 0.4) is 0 Å². The average molecular weight is 422 g/mol. The molecule has 0 aromatic heterocycles. The van der Waals surface area contributed by atoms with E-state index in [-0.39, 0.29) is 25.6 Å². The van der Waals surface area contributed by atoms with Crippen LogP contribution in [0.2, 0.25) is 0 Å². The maximum Gasteiger partial charge on any atom is 0.321 e. The minimum Gasteiger partial charge on any atom is -0.772 e. The van der Waals surface area contributed by atoms with Gasteiger partial charge in [0.15, 0.2) is 0 Å². The molecule has 0 spiro atoms. The molecule has 0 aliphatic heterocycles. The zero-order chi connectivity index (χ0) is 21.2. The molecule has 0 heterocycles. The van der Waals surface area contributed by atoms with Gasteiger partial charge in [-0.2, -0.15) is 0 Å². The van der Waals surface area contributed by atoms with Crippen LogP contribution >= 0.6 is 0 Å². The molecule has 0 saturated carbocycles. The second-order valence-corrected chi connectivity index (χ2v) is 7.76. The summed E-state index contributed by atoms with van der Waals surface area (Å²) in [6.07, 6.45) is 10.2. The minimum atomic E-state index is -2.87. The van der Waals surface area contributed by atoms with E-state index in [4.69, 9.17) is 14.6 Å². The van der Waals surface area contributed by atoms with Gasteiger partial charge in [-0.05, 0) is 17.5 Å². The van der Waals surface area contributed by atoms with Crippen LogP contribution in [0.25, 0.3) is 0 Å². The van der Waals surface area contributed by atoms with Gasteiger partial charge in [0.05, 0.1) is 19.6 Å². The number of carboxylic acid groups (broad SMARTS) is 1. The number of rotatable bonds is 18. The number of ether oxygens (including phenoxy) is 2. The van der Waals surface area contributed by atoms with Crippen molar-refractivity contribution in [2.45, 2.75) is 89.2 Å². The van der Waals surface area contributed by atoms with Gasteiger partial charge in [0, 0.05) is 12.8 Å². The molecule has 0 saturated heterocycles. The Hall–Kier alpha value is -1.48. The third-order valence-corrected chi connectivity index (χ3v) is 4.96. The van der Waals surface area contributed by atoms with Crippen molar-refractivity contribution >= 4 is 29.0 Å². The fourth-order valence-electron chi connectivity index (χ4n) is 2.55. The summed E-state index contributed by atoms with van der Waals surface area (Å²) in [5.74, 6) is -2.83. The quantitative estimate of drug-likeness (QED) is 0.203. The van der Waals surface area contributed by atoms with E-state index in [0.717, 1.165) is 19.3 Å². The molecule has 0 aliphatic carbocycles. The van der Waals surface area contributed by atoms with Crippen LogP contribution in [-0.2, 0) is 34.9 Å². The largest absolute Gasteiger partial charge is 0.772 e. The first kappa shape index (κ1) is 26.5. The van der Waals surface area contributed by atoms with Gasteiger partial charge >= 0.3 is 17.9 Å². The molecular formula is C19H33O8S-. The maximum atomic E-state index is 11.6. The number of esters is 2. The minimum absolute atomic E-state index is 0.0631. The first-order valence-corrected chi connectivity index (χ1v) is 11.1. The third-order valence-electron chi connectivity index (χ3n) is 4.14. The lowest BCUT2D eigenvalue weighted by atomic mass is 10.1. The Balaban J connectivity index is 3.62. The van der Waals surface area contributed by atoms with Crippen LogP contribution < -0.4 is 0 Å². The monoisotopic (exact) mass is 421 g/mol. The van der Waals surface area contributed by atoms with Crippen molar-refractivity contribution in [1.29, 1.82) is 0 Å². The van der Waals surface area contributed by atoms with Crippen LogP contribution in [0.5, 0.6) is 0 Å². The first-order chi connectivity index (χ1) is 13.4. The molecule has 0 fully saturated rings. The van der Waals surface area contributed by atoms with Gasteiger partial charge in [0.2, 0.25) is 0 Å². The lowest BCUT2D eigenvalue weighted by Crippen LogP contribution is -2.31. The standard InChI is InChI=1S/C19H34O8S/c1-2-3-4-5-6-7-8-9-10-12-18(22)26-13-11-14-27-19(23)16(28(24)25)15-17(20)21/h16H,2-15H2,1H3,(H,20,21)(H,24,25)/p-1. The second kappa shape index (κ2) is 17.6. The van der Waals surface area contributed by atoms with E-state index in [2.05, 4.69) is 6.92 Å². The van der Waals surface area contributed by atoms with Crippen LogP contribution in [0.15, 0.2) is 0 Å². The summed E-state index contributed by atoms with van der Waals surface area (Å²) in [4.78, 5) is 33.7. The molecule has 0 rings (SSSR count). The van der Waals surface area contributed by atoms with E-state index in [1.165, 1.54) is 38.5 Å². The van der Waals surface area contributed by atoms with Crippen molar-refractivity contribution in [3.05, 3.63) is 0 Å². The molecule has 0 aliphatic rings. The summed E-state index contributed by atoms with van der Waals surface area (Å²) in [6.45, 7) is 2.12. The van der Waals surface area contributed by atoms with Crippen LogP contribution in [0, 0.1) is 0 Å². The van der Waals surface area contributed by atoms with E-state index in [9.17, 15) is 23.1 Å². The van der Waals surface area contributed by atoms with Crippen LogP contribution in [-0.4, -0.2) is 50.2 Å². The highest BCUT2D eigenvalue weighted by Gasteiger charge is 2.24. The number of carboxylic acids is 1. The van der Waals surface area contributed by atoms with Gasteiger partial charge in [0.25, 0.3) is 0 Å². The predicted molar refractivity (Wildman–Crippen MR) is 103 cm³/mol. The SMILES string of the molecule is CCCCCCCCCCCC(=O)OCCCOC(=O)C(CC(=O)O)S(=O)[O-]. The number of carbonyl (C=O) groups excluding carboxylic acids is 2. The summed E-state index contributed by atoms with van der Waals surface area (Å²) in [7, 11) is 0. The summed E-state index contributed by atoms with van der Waals surface area (Å²) in [5, 5.41) is 6.85. The van der Waals surface area contributed by atoms with E-state index in [0.29, 0.717) is 6.42 Å². The van der Waals surface area contributed by atoms with E-state index in [1.807, 2.05) is 0 Å². The van der Waals surface area contributed by atoms with Crippen LogP contribution in [0.1, 0.15) is 84.0 Å². The lowest BCUT2D eigenvalue weighted by molar-refractivity contribution is -0.148. The van der Waals surface area contributed by atoms with Crippen molar-refractivity contribution in [3.63, 3.8) is 0 Å². The predicted octanol–water partition coefficient (Wildman–Crippen LogP) is 3.11. The smallest absolute Gasteiger partial charge is 0.321 e. The Kier molecular flexibility index (Phi) is 16.7. The van der Waals surface area contributed by atoms with Gasteiger partial charge in [-0.1, -0.05) is 58.3 Å². The zero-order valence-electron chi connectivity index (χ0n) is 16.7. The molecule has 9 heteroatoms. The Morgan fingerprint density at radius 1 is 0.893 bits per heavy atom. The fraction of sp³-hybridized carbons (Fsp3) is 0.842. The van der Waals surface area contributed by atoms with E-state index >= 15 is 0 Å². The van der Waals surface area contributed by atoms with Gasteiger partial charge in [0.1, 0.15) is 5.25 Å². The Morgan fingerprint density at radius 3 is 1.96 bits per heavy atom. The lowest BCUT2D eigenvalue weighted by Gasteiger charge is -2.16. The van der Waals surface area contributed by atoms with Gasteiger partial charge in [-0.25, -0.2) is 0 Å². The van der Waals surface area contributed by atoms with Crippen molar-refractivity contribution in [3.8, 4) is 0 Å². The molecule has 0 radical (unpaired) electrons. The number of unbranched alkanes of at least 4 members (excludes halogenated alkanes) is 8. The maximum absolute atomic E-state index is 11.6. The molecule has 2 unspecified atom stereocenters. The Morgan fingerprint density at radius 2 is 1.43 bits per heavy atom. The molecule has 2 atom stereocenters. The van der Waals surface area contributed by atoms with Crippen molar-refractivity contribution in [2.24, 2.45) is 0 Å². The van der Waals surface area contributed by atoms with Crippen molar-refractivity contribution < 1.29 is 37.7 Å². The number of carbonyl (C=O) groups is 3. The summed E-state index contributed by atoms with van der Waals surface area (Å²) in [5.41, 5.74) is 0. The summed E-state index contributed by atoms with van der Waals surface area (Å²) < 4.78 is 31.4. The fourth-order valence-corrected chi connectivity index (χ4v) is 3.06. The van der Waals surface area contributed by atoms with Crippen LogP contribution in [0.4, 0.5) is 0 Å². The van der Waals surface area contributed by atoms with E-state index < -0.39 is 34.7 Å². The molecule has 0 amide bonds. The molecular weight excluding hydrogens is 388 g/mol. The molecule has 28 heavy (non-hydrogen) atoms.